The van der Waals surface area contributed by atoms with E-state index in [1.807, 2.05) is 0 Å². The monoisotopic (exact) mass is 343 g/mol. The van der Waals surface area contributed by atoms with Crippen LogP contribution in [-0.2, 0) is 16.1 Å². The molecule has 0 bridgehead atoms. The first-order valence-electron chi connectivity index (χ1n) is 9.25. The van der Waals surface area contributed by atoms with E-state index < -0.39 is 0 Å². The topological polar surface area (TPSA) is 61.4 Å². The molecule has 0 radical (unpaired) electrons. The minimum absolute atomic E-state index is 0.000987. The van der Waals surface area contributed by atoms with Gasteiger partial charge >= 0.3 is 0 Å². The van der Waals surface area contributed by atoms with Crippen LogP contribution in [0.3, 0.4) is 0 Å². The summed E-state index contributed by atoms with van der Waals surface area (Å²) in [7, 11) is 0. The fraction of sp³-hybridized carbons (Fsp3) is 0.600. The number of nitrogens with zero attached hydrogens (tertiary/aromatic N) is 1. The Morgan fingerprint density at radius 1 is 1.28 bits per heavy atom. The number of aryl methyl sites for hydroxylation is 2. The molecule has 2 amide bonds. The van der Waals surface area contributed by atoms with Gasteiger partial charge in [0.15, 0.2) is 0 Å². The molecule has 2 aliphatic heterocycles. The van der Waals surface area contributed by atoms with Crippen LogP contribution in [0.4, 0.5) is 0 Å². The Kier molecular flexibility index (Phi) is 5.13. The van der Waals surface area contributed by atoms with Crippen LogP contribution >= 0.6 is 0 Å². The molecule has 136 valence electrons. The van der Waals surface area contributed by atoms with Crippen molar-refractivity contribution in [2.24, 2.45) is 5.92 Å². The molecule has 0 spiro atoms. The first-order valence-corrected chi connectivity index (χ1v) is 9.25. The highest BCUT2D eigenvalue weighted by Crippen LogP contribution is 2.25. The lowest BCUT2D eigenvalue weighted by molar-refractivity contribution is -0.147. The van der Waals surface area contributed by atoms with Crippen LogP contribution in [-0.4, -0.2) is 41.4 Å². The third kappa shape index (κ3) is 3.87. The molecule has 2 aliphatic rings. The molecule has 5 nitrogen and oxygen atoms in total. The van der Waals surface area contributed by atoms with E-state index in [0.29, 0.717) is 25.3 Å². The number of carbonyl (C=O) groups is 2. The van der Waals surface area contributed by atoms with Gasteiger partial charge in [0, 0.05) is 19.1 Å². The first-order chi connectivity index (χ1) is 11.8. The van der Waals surface area contributed by atoms with Gasteiger partial charge in [0.2, 0.25) is 11.8 Å². The summed E-state index contributed by atoms with van der Waals surface area (Å²) in [4.78, 5) is 26.9. The van der Waals surface area contributed by atoms with Crippen molar-refractivity contribution in [3.63, 3.8) is 0 Å². The molecular formula is C20H29N3O2. The second-order valence-electron chi connectivity index (χ2n) is 7.94. The van der Waals surface area contributed by atoms with Crippen molar-refractivity contribution in [3.8, 4) is 0 Å². The molecule has 2 N–H and O–H groups in total. The van der Waals surface area contributed by atoms with Crippen LogP contribution in [0.25, 0.3) is 0 Å². The summed E-state index contributed by atoms with van der Waals surface area (Å²) in [5.74, 6) is 0.460. The van der Waals surface area contributed by atoms with Crippen molar-refractivity contribution in [2.45, 2.75) is 65.2 Å². The average Bonchev–Trinajstić information content (AvgIpc) is 2.96. The predicted octanol–water partition coefficient (Wildman–Crippen LogP) is 1.91. The van der Waals surface area contributed by atoms with Crippen molar-refractivity contribution in [3.05, 3.63) is 34.9 Å². The number of fused-ring (bicyclic) bond motifs is 1. The standard InChI is InChI=1S/C20H29N3O2/c1-12(2)7-17-20(25)23-11-16(9-18(23)19(24)22-17)21-10-15-6-5-13(3)8-14(15)4/h5-6,8,12,16-18,21H,7,9-11H2,1-4H3,(H,22,24)/t16-,17+,18-/m0/s1. The Balaban J connectivity index is 1.62. The maximum absolute atomic E-state index is 12.7. The quantitative estimate of drug-likeness (QED) is 0.858. The van der Waals surface area contributed by atoms with E-state index in [-0.39, 0.29) is 29.9 Å². The van der Waals surface area contributed by atoms with Crippen LogP contribution in [0, 0.1) is 19.8 Å². The van der Waals surface area contributed by atoms with Crippen LogP contribution < -0.4 is 10.6 Å². The summed E-state index contributed by atoms with van der Waals surface area (Å²) in [6, 6.07) is 5.95. The number of rotatable bonds is 5. The Morgan fingerprint density at radius 3 is 2.72 bits per heavy atom. The zero-order valence-electron chi connectivity index (χ0n) is 15.6. The molecule has 0 saturated carbocycles. The van der Waals surface area contributed by atoms with E-state index in [9.17, 15) is 9.59 Å². The fourth-order valence-electron chi connectivity index (χ4n) is 3.94. The number of hydrogen-bond acceptors (Lipinski definition) is 3. The summed E-state index contributed by atoms with van der Waals surface area (Å²) >= 11 is 0. The number of carbonyl (C=O) groups excluding carboxylic acids is 2. The van der Waals surface area contributed by atoms with Gasteiger partial charge in [-0.1, -0.05) is 37.6 Å². The summed E-state index contributed by atoms with van der Waals surface area (Å²) in [5, 5.41) is 6.46. The first kappa shape index (κ1) is 17.9. The molecule has 0 aliphatic carbocycles. The summed E-state index contributed by atoms with van der Waals surface area (Å²) in [6.45, 7) is 9.75. The number of nitrogens with one attached hydrogen (secondary N) is 2. The molecule has 1 aromatic rings. The lowest BCUT2D eigenvalue weighted by atomic mass is 9.99. The SMILES string of the molecule is Cc1ccc(CN[C@H]2C[C@H]3C(=O)N[C@H](CC(C)C)C(=O)N3C2)c(C)c1. The third-order valence-corrected chi connectivity index (χ3v) is 5.29. The molecule has 25 heavy (non-hydrogen) atoms. The third-order valence-electron chi connectivity index (χ3n) is 5.29. The maximum Gasteiger partial charge on any atom is 0.245 e. The molecular weight excluding hydrogens is 314 g/mol. The lowest BCUT2D eigenvalue weighted by Crippen LogP contribution is -2.61. The molecule has 2 fully saturated rings. The summed E-state index contributed by atoms with van der Waals surface area (Å²) in [6.07, 6.45) is 1.39. The van der Waals surface area contributed by atoms with E-state index in [4.69, 9.17) is 0 Å². The molecule has 2 heterocycles. The Labute approximate surface area is 150 Å². The lowest BCUT2D eigenvalue weighted by Gasteiger charge is -2.35. The van der Waals surface area contributed by atoms with E-state index in [1.165, 1.54) is 16.7 Å². The zero-order chi connectivity index (χ0) is 18.1. The van der Waals surface area contributed by atoms with Gasteiger partial charge in [-0.05, 0) is 43.7 Å². The van der Waals surface area contributed by atoms with Gasteiger partial charge in [-0.25, -0.2) is 0 Å². The van der Waals surface area contributed by atoms with E-state index in [1.54, 1.807) is 4.90 Å². The van der Waals surface area contributed by atoms with Gasteiger partial charge in [-0.2, -0.15) is 0 Å². The highest BCUT2D eigenvalue weighted by atomic mass is 16.2. The normalized spacial score (nSPS) is 26.1. The van der Waals surface area contributed by atoms with Gasteiger partial charge in [-0.3, -0.25) is 9.59 Å². The number of amides is 2. The van der Waals surface area contributed by atoms with E-state index in [0.717, 1.165) is 6.54 Å². The smallest absolute Gasteiger partial charge is 0.245 e. The van der Waals surface area contributed by atoms with Crippen molar-refractivity contribution in [1.29, 1.82) is 0 Å². The highest BCUT2D eigenvalue weighted by molar-refractivity contribution is 5.97. The van der Waals surface area contributed by atoms with Crippen molar-refractivity contribution >= 4 is 11.8 Å². The Hall–Kier alpha value is -1.88. The van der Waals surface area contributed by atoms with Crippen LogP contribution in [0.15, 0.2) is 18.2 Å². The molecule has 5 heteroatoms. The van der Waals surface area contributed by atoms with Crippen LogP contribution in [0.1, 0.15) is 43.4 Å². The molecule has 3 rings (SSSR count). The molecule has 3 atom stereocenters. The molecule has 2 saturated heterocycles. The Morgan fingerprint density at radius 2 is 2.04 bits per heavy atom. The van der Waals surface area contributed by atoms with E-state index >= 15 is 0 Å². The van der Waals surface area contributed by atoms with Gasteiger partial charge in [0.1, 0.15) is 12.1 Å². The number of hydrogen-bond donors (Lipinski definition) is 2. The summed E-state index contributed by atoms with van der Waals surface area (Å²) in [5.41, 5.74) is 3.80. The van der Waals surface area contributed by atoms with Gasteiger partial charge in [0.05, 0.1) is 0 Å². The van der Waals surface area contributed by atoms with Crippen molar-refractivity contribution < 1.29 is 9.59 Å². The van der Waals surface area contributed by atoms with E-state index in [2.05, 4.69) is 56.5 Å². The van der Waals surface area contributed by atoms with Crippen LogP contribution in [0.2, 0.25) is 0 Å². The minimum Gasteiger partial charge on any atom is -0.342 e. The van der Waals surface area contributed by atoms with Gasteiger partial charge in [0.25, 0.3) is 0 Å². The van der Waals surface area contributed by atoms with Crippen LogP contribution in [0.5, 0.6) is 0 Å². The summed E-state index contributed by atoms with van der Waals surface area (Å²) < 4.78 is 0. The molecule has 1 aromatic carbocycles. The number of piperazine rings is 1. The second kappa shape index (κ2) is 7.16. The largest absolute Gasteiger partial charge is 0.342 e. The van der Waals surface area contributed by atoms with Gasteiger partial charge in [-0.15, -0.1) is 0 Å². The molecule has 0 unspecified atom stereocenters. The fourth-order valence-corrected chi connectivity index (χ4v) is 3.94. The second-order valence-corrected chi connectivity index (χ2v) is 7.94. The number of benzene rings is 1. The van der Waals surface area contributed by atoms with Crippen molar-refractivity contribution in [1.82, 2.24) is 15.5 Å². The average molecular weight is 343 g/mol. The highest BCUT2D eigenvalue weighted by Gasteiger charge is 2.46. The zero-order valence-corrected chi connectivity index (χ0v) is 15.6. The Bertz CT molecular complexity index is 671. The molecule has 0 aromatic heterocycles. The maximum atomic E-state index is 12.7. The van der Waals surface area contributed by atoms with Crippen molar-refractivity contribution in [2.75, 3.05) is 6.54 Å². The van der Waals surface area contributed by atoms with Gasteiger partial charge < -0.3 is 15.5 Å². The predicted molar refractivity (Wildman–Crippen MR) is 98.0 cm³/mol. The minimum atomic E-state index is -0.359.